The lowest BCUT2D eigenvalue weighted by Crippen LogP contribution is -2.20. The number of benzene rings is 3. The zero-order valence-electron chi connectivity index (χ0n) is 19.1. The third-order valence-corrected chi connectivity index (χ3v) is 6.14. The number of para-hydroxylation sites is 2. The van der Waals surface area contributed by atoms with E-state index in [1.54, 1.807) is 0 Å². The lowest BCUT2D eigenvalue weighted by atomic mass is 9.98. The monoisotopic (exact) mass is 437 g/mol. The van der Waals surface area contributed by atoms with Gasteiger partial charge in [-0.1, -0.05) is 48.0 Å². The fourth-order valence-corrected chi connectivity index (χ4v) is 4.49. The van der Waals surface area contributed by atoms with Crippen LogP contribution < -0.4 is 16.0 Å². The van der Waals surface area contributed by atoms with Gasteiger partial charge in [0.15, 0.2) is 0 Å². The average Bonchev–Trinajstić information content (AvgIpc) is 3.22. The summed E-state index contributed by atoms with van der Waals surface area (Å²) in [6, 6.07) is 23.5. The molecule has 0 unspecified atom stereocenters. The standard InChI is InChI=1S/C28H31N5/c1-21-7-6-15-31-33(20-21)18-17-29-27-19-24(32-23-9-3-2-4-10-23)12-13-25(27)26-11-5-8-22-14-16-30-28(22)26/h2-5,8-13,15,19-20,29-30,32H,6-7,14,16-18H2,1H3. The Hall–Kier alpha value is -3.73. The van der Waals surface area contributed by atoms with Crippen LogP contribution in [0.1, 0.15) is 25.3 Å². The van der Waals surface area contributed by atoms with Crippen molar-refractivity contribution in [3.63, 3.8) is 0 Å². The molecule has 3 aromatic rings. The number of hydrogen-bond acceptors (Lipinski definition) is 5. The van der Waals surface area contributed by atoms with Gasteiger partial charge in [-0.3, -0.25) is 5.01 Å². The van der Waals surface area contributed by atoms with Gasteiger partial charge in [0.05, 0.1) is 6.54 Å². The Morgan fingerprint density at radius 1 is 0.939 bits per heavy atom. The summed E-state index contributed by atoms with van der Waals surface area (Å²) >= 11 is 0. The molecule has 0 amide bonds. The van der Waals surface area contributed by atoms with Crippen LogP contribution in [0.2, 0.25) is 0 Å². The van der Waals surface area contributed by atoms with E-state index in [4.69, 9.17) is 0 Å². The second-order valence-electron chi connectivity index (χ2n) is 8.67. The van der Waals surface area contributed by atoms with Crippen molar-refractivity contribution >= 4 is 29.0 Å². The van der Waals surface area contributed by atoms with Gasteiger partial charge in [-0.05, 0) is 56.0 Å². The molecule has 0 bridgehead atoms. The second-order valence-corrected chi connectivity index (χ2v) is 8.67. The highest BCUT2D eigenvalue weighted by molar-refractivity contribution is 5.90. The smallest absolute Gasteiger partial charge is 0.0581 e. The van der Waals surface area contributed by atoms with Crippen LogP contribution in [0.5, 0.6) is 0 Å². The summed E-state index contributed by atoms with van der Waals surface area (Å²) in [5, 5.41) is 17.4. The van der Waals surface area contributed by atoms with Crippen molar-refractivity contribution in [2.45, 2.75) is 26.2 Å². The van der Waals surface area contributed by atoms with Gasteiger partial charge < -0.3 is 16.0 Å². The average molecular weight is 438 g/mol. The van der Waals surface area contributed by atoms with Crippen LogP contribution in [0.25, 0.3) is 11.1 Å². The van der Waals surface area contributed by atoms with Crippen LogP contribution in [0.15, 0.2) is 83.6 Å². The molecule has 0 spiro atoms. The summed E-state index contributed by atoms with van der Waals surface area (Å²) in [4.78, 5) is 0. The lowest BCUT2D eigenvalue weighted by molar-refractivity contribution is 0.414. The van der Waals surface area contributed by atoms with Crippen LogP contribution in [-0.2, 0) is 6.42 Å². The molecular formula is C28H31N5. The van der Waals surface area contributed by atoms with Crippen LogP contribution in [0, 0.1) is 0 Å². The highest BCUT2D eigenvalue weighted by Crippen LogP contribution is 2.39. The van der Waals surface area contributed by atoms with Gasteiger partial charge in [0, 0.05) is 59.4 Å². The quantitative estimate of drug-likeness (QED) is 0.397. The summed E-state index contributed by atoms with van der Waals surface area (Å²) < 4.78 is 0. The van der Waals surface area contributed by atoms with Crippen molar-refractivity contribution < 1.29 is 0 Å². The highest BCUT2D eigenvalue weighted by atomic mass is 15.4. The van der Waals surface area contributed by atoms with E-state index < -0.39 is 0 Å². The Balaban J connectivity index is 1.42. The molecule has 3 aromatic carbocycles. The first kappa shape index (κ1) is 21.1. The number of allylic oxidation sites excluding steroid dienone is 1. The predicted octanol–water partition coefficient (Wildman–Crippen LogP) is 6.46. The Kier molecular flexibility index (Phi) is 6.29. The maximum absolute atomic E-state index is 4.58. The minimum atomic E-state index is 0.797. The van der Waals surface area contributed by atoms with Crippen molar-refractivity contribution in [3.05, 3.63) is 84.1 Å². The summed E-state index contributed by atoms with van der Waals surface area (Å²) in [6.07, 6.45) is 7.35. The molecule has 5 heteroatoms. The van der Waals surface area contributed by atoms with Crippen molar-refractivity contribution in [2.75, 3.05) is 35.6 Å². The molecule has 0 radical (unpaired) electrons. The largest absolute Gasteiger partial charge is 0.384 e. The molecule has 0 aliphatic carbocycles. The molecule has 5 rings (SSSR count). The van der Waals surface area contributed by atoms with E-state index in [9.17, 15) is 0 Å². The number of hydrazone groups is 1. The number of fused-ring (bicyclic) bond motifs is 1. The maximum Gasteiger partial charge on any atom is 0.0581 e. The van der Waals surface area contributed by atoms with E-state index >= 15 is 0 Å². The van der Waals surface area contributed by atoms with Gasteiger partial charge in [-0.2, -0.15) is 5.10 Å². The van der Waals surface area contributed by atoms with Gasteiger partial charge >= 0.3 is 0 Å². The minimum absolute atomic E-state index is 0.797. The van der Waals surface area contributed by atoms with Gasteiger partial charge in [0.2, 0.25) is 0 Å². The summed E-state index contributed by atoms with van der Waals surface area (Å²) in [7, 11) is 0. The van der Waals surface area contributed by atoms with E-state index in [1.807, 2.05) is 29.4 Å². The molecule has 168 valence electrons. The fourth-order valence-electron chi connectivity index (χ4n) is 4.49. The van der Waals surface area contributed by atoms with Gasteiger partial charge in [0.25, 0.3) is 0 Å². The Bertz CT molecular complexity index is 1170. The zero-order chi connectivity index (χ0) is 22.5. The summed E-state index contributed by atoms with van der Waals surface area (Å²) in [5.74, 6) is 0. The van der Waals surface area contributed by atoms with Crippen molar-refractivity contribution in [3.8, 4) is 11.1 Å². The SMILES string of the molecule is CC1=CN(CCNc2cc(Nc3ccccc3)ccc2-c2cccc3c2NCC3)N=CCC1. The number of nitrogens with one attached hydrogen (secondary N) is 3. The first-order valence-corrected chi connectivity index (χ1v) is 11.8. The predicted molar refractivity (Wildman–Crippen MR) is 140 cm³/mol. The Labute approximate surface area is 196 Å². The molecule has 0 atom stereocenters. The van der Waals surface area contributed by atoms with Gasteiger partial charge in [-0.25, -0.2) is 0 Å². The molecule has 2 aliphatic rings. The van der Waals surface area contributed by atoms with E-state index in [0.717, 1.165) is 56.0 Å². The van der Waals surface area contributed by atoms with Crippen LogP contribution in [-0.4, -0.2) is 30.9 Å². The number of anilines is 4. The van der Waals surface area contributed by atoms with E-state index in [-0.39, 0.29) is 0 Å². The molecule has 0 fully saturated rings. The van der Waals surface area contributed by atoms with Crippen LogP contribution >= 0.6 is 0 Å². The van der Waals surface area contributed by atoms with Crippen molar-refractivity contribution in [1.29, 1.82) is 0 Å². The number of hydrogen-bond donors (Lipinski definition) is 3. The topological polar surface area (TPSA) is 51.7 Å². The first-order chi connectivity index (χ1) is 16.3. The molecule has 0 aromatic heterocycles. The van der Waals surface area contributed by atoms with Crippen LogP contribution in [0.3, 0.4) is 0 Å². The molecule has 0 saturated heterocycles. The normalized spacial score (nSPS) is 14.8. The molecule has 2 aliphatic heterocycles. The highest BCUT2D eigenvalue weighted by Gasteiger charge is 2.17. The van der Waals surface area contributed by atoms with Crippen LogP contribution in [0.4, 0.5) is 22.7 Å². The van der Waals surface area contributed by atoms with Gasteiger partial charge in [-0.15, -0.1) is 0 Å². The molecule has 3 N–H and O–H groups in total. The maximum atomic E-state index is 4.58. The number of nitrogens with zero attached hydrogens (tertiary/aromatic N) is 2. The first-order valence-electron chi connectivity index (χ1n) is 11.8. The summed E-state index contributed by atoms with van der Waals surface area (Å²) in [5.41, 5.74) is 9.76. The molecule has 0 saturated carbocycles. The second kappa shape index (κ2) is 9.82. The van der Waals surface area contributed by atoms with E-state index in [2.05, 4.69) is 82.7 Å². The third kappa shape index (κ3) is 5.03. The van der Waals surface area contributed by atoms with Gasteiger partial charge in [0.1, 0.15) is 0 Å². The summed E-state index contributed by atoms with van der Waals surface area (Å²) in [6.45, 7) is 4.79. The zero-order valence-corrected chi connectivity index (χ0v) is 19.1. The molecular weight excluding hydrogens is 406 g/mol. The van der Waals surface area contributed by atoms with Crippen molar-refractivity contribution in [1.82, 2.24) is 5.01 Å². The molecule has 5 nitrogen and oxygen atoms in total. The van der Waals surface area contributed by atoms with Crippen molar-refractivity contribution in [2.24, 2.45) is 5.10 Å². The third-order valence-electron chi connectivity index (χ3n) is 6.14. The van der Waals surface area contributed by atoms with E-state index in [1.165, 1.54) is 28.0 Å². The Morgan fingerprint density at radius 3 is 2.76 bits per heavy atom. The molecule has 2 heterocycles. The molecule has 33 heavy (non-hydrogen) atoms. The fraction of sp³-hybridized carbons (Fsp3) is 0.250. The Morgan fingerprint density at radius 2 is 1.85 bits per heavy atom. The minimum Gasteiger partial charge on any atom is -0.384 e. The number of rotatable bonds is 7. The van der Waals surface area contributed by atoms with E-state index in [0.29, 0.717) is 0 Å². The lowest BCUT2D eigenvalue weighted by Gasteiger charge is -2.19.